The SMILES string of the molecule is CN(Cc1cc(F)cc(C(F)(F)F)c1)C(=O)Nc1ccc(OS(=O)(=O)F)cc1. The molecule has 0 aliphatic carbocycles. The number of urea groups is 1. The highest BCUT2D eigenvalue weighted by atomic mass is 32.3. The summed E-state index contributed by atoms with van der Waals surface area (Å²) in [5, 5.41) is 2.38. The number of benzene rings is 2. The standard InChI is InChI=1S/C16H13F5N2O4S/c1-23(9-10-6-11(16(18,19)20)8-12(17)7-10)15(24)22-13-2-4-14(5-3-13)27-28(21,25)26/h2-8H,9H2,1H3,(H,22,24). The summed E-state index contributed by atoms with van der Waals surface area (Å²) in [6, 6.07) is 5.82. The number of hydrogen-bond donors (Lipinski definition) is 1. The van der Waals surface area contributed by atoms with Gasteiger partial charge in [0.2, 0.25) is 0 Å². The van der Waals surface area contributed by atoms with E-state index in [2.05, 4.69) is 9.50 Å². The first-order chi connectivity index (χ1) is 12.8. The van der Waals surface area contributed by atoms with Gasteiger partial charge >= 0.3 is 22.7 Å². The second kappa shape index (κ2) is 8.00. The number of amides is 2. The number of rotatable bonds is 5. The van der Waals surface area contributed by atoms with Crippen molar-refractivity contribution < 1.29 is 38.8 Å². The van der Waals surface area contributed by atoms with E-state index in [0.29, 0.717) is 6.07 Å². The molecule has 0 bridgehead atoms. The molecule has 0 aliphatic heterocycles. The van der Waals surface area contributed by atoms with Crippen LogP contribution in [0, 0.1) is 5.82 Å². The highest BCUT2D eigenvalue weighted by molar-refractivity contribution is 7.81. The van der Waals surface area contributed by atoms with Gasteiger partial charge in [0.25, 0.3) is 0 Å². The lowest BCUT2D eigenvalue weighted by Gasteiger charge is -2.19. The molecule has 12 heteroatoms. The van der Waals surface area contributed by atoms with Crippen LogP contribution in [0.4, 0.5) is 31.9 Å². The lowest BCUT2D eigenvalue weighted by molar-refractivity contribution is -0.137. The molecule has 0 atom stereocenters. The Kier molecular flexibility index (Phi) is 6.12. The Labute approximate surface area is 156 Å². The van der Waals surface area contributed by atoms with E-state index >= 15 is 0 Å². The van der Waals surface area contributed by atoms with E-state index in [1.165, 1.54) is 19.2 Å². The lowest BCUT2D eigenvalue weighted by Crippen LogP contribution is -2.31. The van der Waals surface area contributed by atoms with Crippen molar-refractivity contribution in [2.45, 2.75) is 12.7 Å². The van der Waals surface area contributed by atoms with Crippen molar-refractivity contribution in [3.63, 3.8) is 0 Å². The molecule has 0 saturated heterocycles. The molecule has 0 spiro atoms. The van der Waals surface area contributed by atoms with Crippen LogP contribution >= 0.6 is 0 Å². The number of nitrogens with one attached hydrogen (secondary N) is 1. The topological polar surface area (TPSA) is 75.7 Å². The fourth-order valence-corrected chi connectivity index (χ4v) is 2.52. The molecule has 2 amide bonds. The highest BCUT2D eigenvalue weighted by Gasteiger charge is 2.31. The monoisotopic (exact) mass is 424 g/mol. The molecule has 0 aromatic heterocycles. The molecule has 2 aromatic rings. The maximum atomic E-state index is 13.4. The second-order valence-electron chi connectivity index (χ2n) is 5.63. The molecule has 6 nitrogen and oxygen atoms in total. The summed E-state index contributed by atoms with van der Waals surface area (Å²) < 4.78 is 88.8. The molecule has 0 radical (unpaired) electrons. The van der Waals surface area contributed by atoms with Gasteiger partial charge in [0.05, 0.1) is 5.56 Å². The third-order valence-electron chi connectivity index (χ3n) is 3.35. The number of alkyl halides is 3. The first-order valence-corrected chi connectivity index (χ1v) is 8.77. The summed E-state index contributed by atoms with van der Waals surface area (Å²) in [5.41, 5.74) is -1.06. The fraction of sp³-hybridized carbons (Fsp3) is 0.188. The van der Waals surface area contributed by atoms with Gasteiger partial charge in [0, 0.05) is 19.3 Å². The zero-order valence-corrected chi connectivity index (χ0v) is 14.9. The van der Waals surface area contributed by atoms with Gasteiger partial charge in [-0.2, -0.15) is 21.6 Å². The van der Waals surface area contributed by atoms with Crippen molar-refractivity contribution in [1.82, 2.24) is 4.90 Å². The zero-order chi connectivity index (χ0) is 21.1. The largest absolute Gasteiger partial charge is 0.488 e. The Bertz CT molecular complexity index is 962. The molecule has 0 saturated carbocycles. The first kappa shape index (κ1) is 21.4. The Morgan fingerprint density at radius 1 is 1.14 bits per heavy atom. The van der Waals surface area contributed by atoms with Crippen LogP contribution in [0.2, 0.25) is 0 Å². The summed E-state index contributed by atoms with van der Waals surface area (Å²) >= 11 is 0. The summed E-state index contributed by atoms with van der Waals surface area (Å²) in [4.78, 5) is 13.1. The van der Waals surface area contributed by atoms with Crippen molar-refractivity contribution in [3.05, 3.63) is 59.4 Å². The van der Waals surface area contributed by atoms with Crippen molar-refractivity contribution in [2.24, 2.45) is 0 Å². The Morgan fingerprint density at radius 3 is 2.29 bits per heavy atom. The Morgan fingerprint density at radius 2 is 1.75 bits per heavy atom. The molecule has 0 unspecified atom stereocenters. The summed E-state index contributed by atoms with van der Waals surface area (Å²) in [6.45, 7) is -0.312. The van der Waals surface area contributed by atoms with E-state index in [4.69, 9.17) is 0 Å². The minimum absolute atomic E-state index is 0.0677. The summed E-state index contributed by atoms with van der Waals surface area (Å²) in [6.07, 6.45) is -4.73. The Balaban J connectivity index is 2.04. The van der Waals surface area contributed by atoms with Gasteiger partial charge in [-0.05, 0) is 48.0 Å². The predicted octanol–water partition coefficient (Wildman–Crippen LogP) is 4.10. The summed E-state index contributed by atoms with van der Waals surface area (Å²) in [5.74, 6) is -1.41. The van der Waals surface area contributed by atoms with Gasteiger partial charge in [0.15, 0.2) is 0 Å². The van der Waals surface area contributed by atoms with Crippen LogP contribution in [0.3, 0.4) is 0 Å². The molecule has 2 rings (SSSR count). The molecule has 0 aliphatic rings. The maximum absolute atomic E-state index is 13.4. The number of halogens is 5. The third-order valence-corrected chi connectivity index (χ3v) is 3.74. The van der Waals surface area contributed by atoms with Crippen molar-refractivity contribution in [1.29, 1.82) is 0 Å². The van der Waals surface area contributed by atoms with Gasteiger partial charge < -0.3 is 14.4 Å². The van der Waals surface area contributed by atoms with Crippen LogP contribution in [-0.2, 0) is 23.2 Å². The van der Waals surface area contributed by atoms with E-state index < -0.39 is 34.1 Å². The molecule has 0 fully saturated rings. The molecular weight excluding hydrogens is 411 g/mol. The molecule has 152 valence electrons. The fourth-order valence-electron chi connectivity index (χ4n) is 2.18. The summed E-state index contributed by atoms with van der Waals surface area (Å²) in [7, 11) is -3.91. The maximum Gasteiger partial charge on any atom is 0.488 e. The minimum atomic E-state index is -5.19. The van der Waals surface area contributed by atoms with E-state index in [9.17, 15) is 34.7 Å². The van der Waals surface area contributed by atoms with Crippen LogP contribution in [0.1, 0.15) is 11.1 Å². The van der Waals surface area contributed by atoms with Crippen molar-refractivity contribution >= 4 is 22.2 Å². The molecular formula is C16H13F5N2O4S. The molecule has 28 heavy (non-hydrogen) atoms. The van der Waals surface area contributed by atoms with Crippen LogP contribution in [0.25, 0.3) is 0 Å². The van der Waals surface area contributed by atoms with Gasteiger partial charge in [0.1, 0.15) is 11.6 Å². The zero-order valence-electron chi connectivity index (χ0n) is 14.1. The third kappa shape index (κ3) is 6.37. The Hall–Kier alpha value is -2.89. The second-order valence-corrected chi connectivity index (χ2v) is 6.59. The van der Waals surface area contributed by atoms with E-state index in [1.54, 1.807) is 0 Å². The van der Waals surface area contributed by atoms with Gasteiger partial charge in [-0.1, -0.05) is 3.89 Å². The first-order valence-electron chi connectivity index (χ1n) is 7.46. The van der Waals surface area contributed by atoms with Gasteiger partial charge in [-0.25, -0.2) is 9.18 Å². The number of nitrogens with zero attached hydrogens (tertiary/aromatic N) is 1. The van der Waals surface area contributed by atoms with Crippen LogP contribution in [0.15, 0.2) is 42.5 Å². The van der Waals surface area contributed by atoms with Gasteiger partial charge in [-0.15, -0.1) is 0 Å². The number of hydrogen-bond acceptors (Lipinski definition) is 4. The van der Waals surface area contributed by atoms with E-state index in [-0.39, 0.29) is 23.5 Å². The van der Waals surface area contributed by atoms with Crippen LogP contribution < -0.4 is 9.50 Å². The molecule has 1 N–H and O–H groups in total. The number of carbonyl (C=O) groups excluding carboxylic acids is 1. The van der Waals surface area contributed by atoms with Crippen molar-refractivity contribution in [3.8, 4) is 5.75 Å². The van der Waals surface area contributed by atoms with Crippen molar-refractivity contribution in [2.75, 3.05) is 12.4 Å². The average Bonchev–Trinajstić information content (AvgIpc) is 2.54. The van der Waals surface area contributed by atoms with E-state index in [1.807, 2.05) is 0 Å². The van der Waals surface area contributed by atoms with E-state index in [0.717, 1.165) is 29.2 Å². The smallest absolute Gasteiger partial charge is 0.358 e. The molecule has 2 aromatic carbocycles. The predicted molar refractivity (Wildman–Crippen MR) is 89.0 cm³/mol. The average molecular weight is 424 g/mol. The van der Waals surface area contributed by atoms with Gasteiger partial charge in [-0.3, -0.25) is 0 Å². The number of carbonyl (C=O) groups is 1. The molecule has 0 heterocycles. The van der Waals surface area contributed by atoms with Crippen LogP contribution in [-0.4, -0.2) is 26.4 Å². The normalized spacial score (nSPS) is 11.8. The quantitative estimate of drug-likeness (QED) is 0.579. The highest BCUT2D eigenvalue weighted by Crippen LogP contribution is 2.30. The minimum Gasteiger partial charge on any atom is -0.358 e. The lowest BCUT2D eigenvalue weighted by atomic mass is 10.1. The van der Waals surface area contributed by atoms with Crippen LogP contribution in [0.5, 0.6) is 5.75 Å². The number of anilines is 1.